The van der Waals surface area contributed by atoms with E-state index >= 15 is 0 Å². The van der Waals surface area contributed by atoms with Crippen molar-refractivity contribution >= 4 is 66.4 Å². The number of anilines is 1. The topological polar surface area (TPSA) is 85.4 Å². The molecule has 130 valence electrons. The highest BCUT2D eigenvalue weighted by atomic mass is 35.5. The summed E-state index contributed by atoms with van der Waals surface area (Å²) in [6.07, 6.45) is 1.18. The van der Waals surface area contributed by atoms with Crippen molar-refractivity contribution in [2.24, 2.45) is 0 Å². The van der Waals surface area contributed by atoms with E-state index in [2.05, 4.69) is 14.4 Å². The van der Waals surface area contributed by atoms with Crippen LogP contribution in [0.25, 0.3) is 10.1 Å². The van der Waals surface area contributed by atoms with Gasteiger partial charge in [-0.3, -0.25) is 4.72 Å². The largest absolute Gasteiger partial charge is 0.465 e. The van der Waals surface area contributed by atoms with Crippen LogP contribution in [0.2, 0.25) is 10.0 Å². The van der Waals surface area contributed by atoms with Crippen molar-refractivity contribution in [3.63, 3.8) is 0 Å². The number of ether oxygens (including phenoxy) is 1. The van der Waals surface area contributed by atoms with Gasteiger partial charge in [-0.2, -0.15) is 0 Å². The zero-order chi connectivity index (χ0) is 18.2. The van der Waals surface area contributed by atoms with Crippen LogP contribution in [-0.4, -0.2) is 26.5 Å². The van der Waals surface area contributed by atoms with Gasteiger partial charge in [0.25, 0.3) is 10.0 Å². The van der Waals surface area contributed by atoms with Crippen molar-refractivity contribution in [3.8, 4) is 0 Å². The molecule has 0 amide bonds. The number of carbonyl (C=O) groups excluding carboxylic acids is 1. The Balaban J connectivity index is 1.94. The number of hydrogen-bond donors (Lipinski definition) is 1. The van der Waals surface area contributed by atoms with Crippen molar-refractivity contribution in [2.45, 2.75) is 4.21 Å². The average molecular weight is 417 g/mol. The van der Waals surface area contributed by atoms with Crippen LogP contribution < -0.4 is 4.72 Å². The van der Waals surface area contributed by atoms with Gasteiger partial charge in [0.05, 0.1) is 17.7 Å². The Bertz CT molecular complexity index is 1080. The molecule has 3 aromatic rings. The molecule has 0 radical (unpaired) electrons. The molecule has 10 heteroatoms. The summed E-state index contributed by atoms with van der Waals surface area (Å²) in [5, 5.41) is 1.22. The highest BCUT2D eigenvalue weighted by molar-refractivity contribution is 7.94. The van der Waals surface area contributed by atoms with Gasteiger partial charge in [0, 0.05) is 15.9 Å². The maximum Gasteiger partial charge on any atom is 0.339 e. The van der Waals surface area contributed by atoms with Crippen LogP contribution >= 0.6 is 34.5 Å². The minimum Gasteiger partial charge on any atom is -0.465 e. The van der Waals surface area contributed by atoms with Crippen LogP contribution in [0, 0.1) is 0 Å². The van der Waals surface area contributed by atoms with E-state index in [4.69, 9.17) is 23.2 Å². The lowest BCUT2D eigenvalue weighted by Gasteiger charge is -2.08. The van der Waals surface area contributed by atoms with Crippen molar-refractivity contribution in [3.05, 3.63) is 52.1 Å². The van der Waals surface area contributed by atoms with Crippen LogP contribution in [0.3, 0.4) is 0 Å². The smallest absolute Gasteiger partial charge is 0.339 e. The lowest BCUT2D eigenvalue weighted by molar-refractivity contribution is 0.0600. The second kappa shape index (κ2) is 6.80. The molecule has 1 aromatic carbocycles. The fraction of sp³-hybridized carbons (Fsp3) is 0.0667. The summed E-state index contributed by atoms with van der Waals surface area (Å²) in [7, 11) is -2.66. The van der Waals surface area contributed by atoms with E-state index in [0.717, 1.165) is 21.4 Å². The number of sulfonamides is 1. The van der Waals surface area contributed by atoms with E-state index in [1.54, 1.807) is 18.2 Å². The fourth-order valence-electron chi connectivity index (χ4n) is 2.04. The Morgan fingerprint density at radius 1 is 1.24 bits per heavy atom. The Morgan fingerprint density at radius 3 is 2.68 bits per heavy atom. The SMILES string of the molecule is COC(=O)c1cnc(NS(=O)(=O)c2cc3cc(Cl)ccc3s2)c(Cl)c1. The summed E-state index contributed by atoms with van der Waals surface area (Å²) in [6.45, 7) is 0. The molecular formula is C15H10Cl2N2O4S2. The molecule has 0 aliphatic rings. The number of fused-ring (bicyclic) bond motifs is 1. The molecule has 0 spiro atoms. The maximum absolute atomic E-state index is 12.6. The number of benzene rings is 1. The van der Waals surface area contributed by atoms with E-state index in [1.165, 1.54) is 25.4 Å². The Morgan fingerprint density at radius 2 is 2.00 bits per heavy atom. The number of nitrogens with one attached hydrogen (secondary N) is 1. The minimum absolute atomic E-state index is 0.0179. The van der Waals surface area contributed by atoms with Crippen LogP contribution in [0.1, 0.15) is 10.4 Å². The minimum atomic E-state index is -3.89. The van der Waals surface area contributed by atoms with Crippen molar-refractivity contribution in [2.75, 3.05) is 11.8 Å². The molecule has 0 aliphatic carbocycles. The standard InChI is InChI=1S/C15H10Cl2N2O4S2/c1-23-15(20)9-5-11(17)14(18-7-9)19-25(21,22)13-6-8-4-10(16)2-3-12(8)24-13/h2-7H,1H3,(H,18,19). The molecule has 2 aromatic heterocycles. The second-order valence-electron chi connectivity index (χ2n) is 4.90. The summed E-state index contributed by atoms with van der Waals surface area (Å²) < 4.78 is 32.9. The quantitative estimate of drug-likeness (QED) is 0.644. The number of rotatable bonds is 4. The number of carbonyl (C=O) groups is 1. The fourth-order valence-corrected chi connectivity index (χ4v) is 4.90. The lowest BCUT2D eigenvalue weighted by Crippen LogP contribution is -2.13. The maximum atomic E-state index is 12.6. The van der Waals surface area contributed by atoms with E-state index in [1.807, 2.05) is 0 Å². The average Bonchev–Trinajstić information content (AvgIpc) is 3.00. The molecule has 6 nitrogen and oxygen atoms in total. The summed E-state index contributed by atoms with van der Waals surface area (Å²) in [4.78, 5) is 15.3. The van der Waals surface area contributed by atoms with Gasteiger partial charge in [0.15, 0.2) is 5.82 Å². The molecule has 1 N–H and O–H groups in total. The zero-order valence-corrected chi connectivity index (χ0v) is 15.8. The summed E-state index contributed by atoms with van der Waals surface area (Å²) in [6, 6.07) is 7.92. The normalized spacial score (nSPS) is 11.5. The first-order valence-corrected chi connectivity index (χ1v) is 9.81. The molecule has 25 heavy (non-hydrogen) atoms. The highest BCUT2D eigenvalue weighted by Gasteiger charge is 2.20. The summed E-state index contributed by atoms with van der Waals surface area (Å²) in [5.41, 5.74) is 0.118. The van der Waals surface area contributed by atoms with Gasteiger partial charge in [0.2, 0.25) is 0 Å². The van der Waals surface area contributed by atoms with E-state index in [9.17, 15) is 13.2 Å². The van der Waals surface area contributed by atoms with Gasteiger partial charge in [-0.15, -0.1) is 11.3 Å². The predicted molar refractivity (Wildman–Crippen MR) is 98.2 cm³/mol. The van der Waals surface area contributed by atoms with E-state index < -0.39 is 16.0 Å². The number of halogens is 2. The number of pyridine rings is 1. The molecule has 3 rings (SSSR count). The molecule has 0 aliphatic heterocycles. The first kappa shape index (κ1) is 17.9. The molecule has 0 atom stereocenters. The number of thiophene rings is 1. The third-order valence-corrected chi connectivity index (χ3v) is 6.67. The van der Waals surface area contributed by atoms with Crippen molar-refractivity contribution in [1.82, 2.24) is 4.98 Å². The molecule has 2 heterocycles. The van der Waals surface area contributed by atoms with Gasteiger partial charge >= 0.3 is 5.97 Å². The van der Waals surface area contributed by atoms with Gasteiger partial charge in [-0.05, 0) is 35.7 Å². The number of nitrogens with zero attached hydrogens (tertiary/aromatic N) is 1. The third kappa shape index (κ3) is 3.72. The van der Waals surface area contributed by atoms with Crippen molar-refractivity contribution in [1.29, 1.82) is 0 Å². The molecule has 0 fully saturated rings. The molecule has 0 unspecified atom stereocenters. The monoisotopic (exact) mass is 416 g/mol. The Kier molecular flexibility index (Phi) is 4.88. The van der Waals surface area contributed by atoms with Crippen molar-refractivity contribution < 1.29 is 17.9 Å². The first-order chi connectivity index (χ1) is 11.8. The van der Waals surface area contributed by atoms with Crippen LogP contribution in [0.4, 0.5) is 5.82 Å². The molecule has 0 bridgehead atoms. The third-order valence-electron chi connectivity index (χ3n) is 3.21. The van der Waals surface area contributed by atoms with Crippen LogP contribution in [0.15, 0.2) is 40.7 Å². The van der Waals surface area contributed by atoms with Crippen LogP contribution in [-0.2, 0) is 14.8 Å². The van der Waals surface area contributed by atoms with E-state index in [-0.39, 0.29) is 20.6 Å². The number of aromatic nitrogens is 1. The zero-order valence-electron chi connectivity index (χ0n) is 12.6. The Hall–Kier alpha value is -1.87. The Labute approximate surface area is 157 Å². The number of methoxy groups -OCH3 is 1. The molecule has 0 saturated carbocycles. The van der Waals surface area contributed by atoms with Gasteiger partial charge in [-0.1, -0.05) is 23.2 Å². The summed E-state index contributed by atoms with van der Waals surface area (Å²) in [5.74, 6) is -0.699. The van der Waals surface area contributed by atoms with Gasteiger partial charge in [-0.25, -0.2) is 18.2 Å². The molecular weight excluding hydrogens is 407 g/mol. The molecule has 0 saturated heterocycles. The van der Waals surface area contributed by atoms with Gasteiger partial charge < -0.3 is 4.74 Å². The second-order valence-corrected chi connectivity index (χ2v) is 8.74. The van der Waals surface area contributed by atoms with E-state index in [0.29, 0.717) is 5.02 Å². The highest BCUT2D eigenvalue weighted by Crippen LogP contribution is 2.32. The lowest BCUT2D eigenvalue weighted by atomic mass is 10.3. The first-order valence-electron chi connectivity index (χ1n) is 6.76. The predicted octanol–water partition coefficient (Wildman–Crippen LogP) is 4.19. The number of esters is 1. The summed E-state index contributed by atoms with van der Waals surface area (Å²) >= 11 is 13.0. The van der Waals surface area contributed by atoms with Gasteiger partial charge in [0.1, 0.15) is 4.21 Å². The number of hydrogen-bond acceptors (Lipinski definition) is 6. The van der Waals surface area contributed by atoms with Crippen LogP contribution in [0.5, 0.6) is 0 Å².